The fourth-order valence-electron chi connectivity index (χ4n) is 2.21. The van der Waals surface area contributed by atoms with Crippen LogP contribution in [0.5, 0.6) is 0 Å². The lowest BCUT2D eigenvalue weighted by atomic mass is 9.75. The lowest BCUT2D eigenvalue weighted by Gasteiger charge is -2.40. The topological polar surface area (TPSA) is 60.7 Å². The molecule has 0 aliphatic heterocycles. The minimum atomic E-state index is -0.980. The van der Waals surface area contributed by atoms with Crippen molar-refractivity contribution in [3.8, 4) is 0 Å². The van der Waals surface area contributed by atoms with E-state index >= 15 is 0 Å². The van der Waals surface area contributed by atoms with Crippen LogP contribution in [0.3, 0.4) is 0 Å². The fourth-order valence-corrected chi connectivity index (χ4v) is 2.21. The van der Waals surface area contributed by atoms with Crippen molar-refractivity contribution >= 4 is 0 Å². The average molecular weight is 216 g/mol. The molecule has 0 aromatic carbocycles. The average Bonchev–Trinajstić information content (AvgIpc) is 2.07. The molecule has 3 N–H and O–H groups in total. The maximum Gasteiger partial charge on any atom is 0.0907 e. The summed E-state index contributed by atoms with van der Waals surface area (Å²) in [6.07, 6.45) is 1.82. The molecule has 0 spiro atoms. The summed E-state index contributed by atoms with van der Waals surface area (Å²) < 4.78 is 0. The van der Waals surface area contributed by atoms with Crippen LogP contribution in [0.1, 0.15) is 52.9 Å². The first-order chi connectivity index (χ1) is 6.73. The first-order valence-electron chi connectivity index (χ1n) is 5.81. The second kappa shape index (κ2) is 4.40. The third-order valence-corrected chi connectivity index (χ3v) is 3.25. The zero-order chi connectivity index (χ0) is 11.7. The van der Waals surface area contributed by atoms with Gasteiger partial charge in [0.1, 0.15) is 0 Å². The van der Waals surface area contributed by atoms with E-state index in [0.717, 1.165) is 0 Å². The molecule has 1 saturated carbocycles. The van der Waals surface area contributed by atoms with Crippen molar-refractivity contribution in [1.29, 1.82) is 0 Å². The van der Waals surface area contributed by atoms with Gasteiger partial charge in [-0.1, -0.05) is 20.8 Å². The van der Waals surface area contributed by atoms with Crippen LogP contribution in [0.15, 0.2) is 0 Å². The van der Waals surface area contributed by atoms with Gasteiger partial charge in [0, 0.05) is 0 Å². The molecule has 1 aliphatic carbocycles. The van der Waals surface area contributed by atoms with Gasteiger partial charge < -0.3 is 15.3 Å². The van der Waals surface area contributed by atoms with Crippen molar-refractivity contribution in [2.45, 2.75) is 70.7 Å². The standard InChI is InChI=1S/C12H24O3/c1-11(2,3)8-10(14)12(15)6-4-9(13)5-7-12/h9-10,13-15H,4-8H2,1-3H3. The van der Waals surface area contributed by atoms with E-state index in [4.69, 9.17) is 0 Å². The summed E-state index contributed by atoms with van der Waals surface area (Å²) in [5.41, 5.74) is -0.961. The predicted molar refractivity (Wildman–Crippen MR) is 59.5 cm³/mol. The van der Waals surface area contributed by atoms with E-state index in [1.807, 2.05) is 0 Å². The Morgan fingerprint density at radius 1 is 1.27 bits per heavy atom. The quantitative estimate of drug-likeness (QED) is 0.654. The smallest absolute Gasteiger partial charge is 0.0907 e. The zero-order valence-corrected chi connectivity index (χ0v) is 10.0. The summed E-state index contributed by atoms with van der Waals surface area (Å²) in [4.78, 5) is 0. The van der Waals surface area contributed by atoms with Gasteiger partial charge in [-0.15, -0.1) is 0 Å². The molecule has 3 nitrogen and oxygen atoms in total. The largest absolute Gasteiger partial charge is 0.393 e. The van der Waals surface area contributed by atoms with Crippen LogP contribution in [-0.2, 0) is 0 Å². The van der Waals surface area contributed by atoms with Crippen molar-refractivity contribution in [2.24, 2.45) is 5.41 Å². The van der Waals surface area contributed by atoms with E-state index < -0.39 is 11.7 Å². The Morgan fingerprint density at radius 2 is 1.73 bits per heavy atom. The molecule has 0 heterocycles. The Morgan fingerprint density at radius 3 is 2.13 bits per heavy atom. The minimum Gasteiger partial charge on any atom is -0.393 e. The lowest BCUT2D eigenvalue weighted by molar-refractivity contribution is -0.123. The molecule has 15 heavy (non-hydrogen) atoms. The molecule has 1 rings (SSSR count). The molecule has 0 aromatic heterocycles. The van der Waals surface area contributed by atoms with Gasteiger partial charge in [0.05, 0.1) is 17.8 Å². The number of hydrogen-bond donors (Lipinski definition) is 3. The van der Waals surface area contributed by atoms with Gasteiger partial charge in [-0.25, -0.2) is 0 Å². The number of aliphatic hydroxyl groups excluding tert-OH is 2. The summed E-state index contributed by atoms with van der Waals surface area (Å²) in [6.45, 7) is 6.16. The van der Waals surface area contributed by atoms with E-state index in [1.54, 1.807) is 0 Å². The molecule has 1 unspecified atom stereocenters. The highest BCUT2D eigenvalue weighted by molar-refractivity contribution is 4.92. The van der Waals surface area contributed by atoms with Crippen molar-refractivity contribution in [3.63, 3.8) is 0 Å². The Balaban J connectivity index is 2.54. The van der Waals surface area contributed by atoms with Crippen LogP contribution in [-0.4, -0.2) is 33.1 Å². The molecular formula is C12H24O3. The van der Waals surface area contributed by atoms with Gasteiger partial charge in [-0.05, 0) is 37.5 Å². The van der Waals surface area contributed by atoms with Gasteiger partial charge in [-0.2, -0.15) is 0 Å². The third-order valence-electron chi connectivity index (χ3n) is 3.25. The van der Waals surface area contributed by atoms with E-state index in [1.165, 1.54) is 0 Å². The Labute approximate surface area is 92.1 Å². The summed E-state index contributed by atoms with van der Waals surface area (Å²) >= 11 is 0. The maximum atomic E-state index is 10.3. The highest BCUT2D eigenvalue weighted by atomic mass is 16.3. The van der Waals surface area contributed by atoms with E-state index in [-0.39, 0.29) is 11.5 Å². The van der Waals surface area contributed by atoms with Crippen molar-refractivity contribution in [3.05, 3.63) is 0 Å². The Bertz CT molecular complexity index is 199. The van der Waals surface area contributed by atoms with Gasteiger partial charge in [-0.3, -0.25) is 0 Å². The molecule has 0 saturated heterocycles. The van der Waals surface area contributed by atoms with Crippen LogP contribution in [0, 0.1) is 5.41 Å². The van der Waals surface area contributed by atoms with Crippen molar-refractivity contribution in [1.82, 2.24) is 0 Å². The monoisotopic (exact) mass is 216 g/mol. The lowest BCUT2D eigenvalue weighted by Crippen LogP contribution is -2.47. The Kier molecular flexibility index (Phi) is 3.80. The Hall–Kier alpha value is -0.120. The van der Waals surface area contributed by atoms with Crippen LogP contribution in [0.2, 0.25) is 0 Å². The summed E-state index contributed by atoms with van der Waals surface area (Å²) in [7, 11) is 0. The van der Waals surface area contributed by atoms with E-state index in [2.05, 4.69) is 20.8 Å². The predicted octanol–water partition coefficient (Wildman–Crippen LogP) is 1.45. The molecule has 1 fully saturated rings. The van der Waals surface area contributed by atoms with Crippen LogP contribution in [0.25, 0.3) is 0 Å². The number of hydrogen-bond acceptors (Lipinski definition) is 3. The second-order valence-electron chi connectivity index (χ2n) is 6.12. The van der Waals surface area contributed by atoms with Gasteiger partial charge in [0.25, 0.3) is 0 Å². The van der Waals surface area contributed by atoms with Crippen LogP contribution < -0.4 is 0 Å². The highest BCUT2D eigenvalue weighted by Crippen LogP contribution is 2.35. The maximum absolute atomic E-state index is 10.3. The number of rotatable bonds is 2. The first kappa shape index (κ1) is 12.9. The van der Waals surface area contributed by atoms with Crippen LogP contribution >= 0.6 is 0 Å². The second-order valence-corrected chi connectivity index (χ2v) is 6.12. The molecule has 0 amide bonds. The van der Waals surface area contributed by atoms with Gasteiger partial charge in [0.15, 0.2) is 0 Å². The fraction of sp³-hybridized carbons (Fsp3) is 1.00. The molecule has 1 atom stereocenters. The normalized spacial score (nSPS) is 35.2. The molecule has 90 valence electrons. The minimum absolute atomic E-state index is 0.0191. The van der Waals surface area contributed by atoms with Gasteiger partial charge >= 0.3 is 0 Å². The zero-order valence-electron chi connectivity index (χ0n) is 10.0. The van der Waals surface area contributed by atoms with E-state index in [9.17, 15) is 15.3 Å². The molecule has 3 heteroatoms. The molecule has 0 radical (unpaired) electrons. The molecule has 1 aliphatic rings. The van der Waals surface area contributed by atoms with Crippen LogP contribution in [0.4, 0.5) is 0 Å². The third kappa shape index (κ3) is 3.74. The number of aliphatic hydroxyl groups is 3. The van der Waals surface area contributed by atoms with Gasteiger partial charge in [0.2, 0.25) is 0 Å². The van der Waals surface area contributed by atoms with Crippen molar-refractivity contribution in [2.75, 3.05) is 0 Å². The summed E-state index contributed by atoms with van der Waals surface area (Å²) in [5.74, 6) is 0. The van der Waals surface area contributed by atoms with Crippen molar-refractivity contribution < 1.29 is 15.3 Å². The first-order valence-corrected chi connectivity index (χ1v) is 5.81. The molecule has 0 bridgehead atoms. The SMILES string of the molecule is CC(C)(C)CC(O)C1(O)CCC(O)CC1. The summed E-state index contributed by atoms with van der Waals surface area (Å²) in [6, 6.07) is 0. The van der Waals surface area contributed by atoms with E-state index in [0.29, 0.717) is 32.1 Å². The summed E-state index contributed by atoms with van der Waals surface area (Å²) in [5, 5.41) is 29.6. The molecule has 0 aromatic rings. The molecular weight excluding hydrogens is 192 g/mol. The highest BCUT2D eigenvalue weighted by Gasteiger charge is 2.40.